The van der Waals surface area contributed by atoms with Crippen LogP contribution >= 0.6 is 0 Å². The highest BCUT2D eigenvalue weighted by Crippen LogP contribution is 2.60. The van der Waals surface area contributed by atoms with Crippen molar-refractivity contribution in [3.05, 3.63) is 24.3 Å². The number of hydrogen-bond acceptors (Lipinski definition) is 2. The molecule has 0 saturated heterocycles. The maximum absolute atomic E-state index is 11.5. The van der Waals surface area contributed by atoms with Crippen molar-refractivity contribution in [3.8, 4) is 0 Å². The van der Waals surface area contributed by atoms with Crippen molar-refractivity contribution < 1.29 is 9.53 Å². The topological polar surface area (TPSA) is 26.3 Å². The zero-order chi connectivity index (χ0) is 13.5. The predicted molar refractivity (Wildman–Crippen MR) is 70.6 cm³/mol. The van der Waals surface area contributed by atoms with E-state index in [1.807, 2.05) is 13.8 Å². The summed E-state index contributed by atoms with van der Waals surface area (Å²) in [6, 6.07) is 0. The fourth-order valence-electron chi connectivity index (χ4n) is 2.68. The highest BCUT2D eigenvalue weighted by atomic mass is 16.6. The van der Waals surface area contributed by atoms with E-state index in [1.54, 1.807) is 0 Å². The molecule has 0 bridgehead atoms. The largest absolute Gasteiger partial charge is 0.451 e. The normalized spacial score (nSPS) is 32.5. The van der Waals surface area contributed by atoms with Gasteiger partial charge in [0.25, 0.3) is 0 Å². The molecule has 0 radical (unpaired) electrons. The number of rotatable bonds is 4. The molecule has 0 aromatic carbocycles. The van der Waals surface area contributed by atoms with E-state index >= 15 is 0 Å². The van der Waals surface area contributed by atoms with Crippen LogP contribution in [0.15, 0.2) is 24.3 Å². The lowest BCUT2D eigenvalue weighted by Gasteiger charge is -2.59. The quantitative estimate of drug-likeness (QED) is 0.420. The van der Waals surface area contributed by atoms with Crippen molar-refractivity contribution in [2.45, 2.75) is 53.6 Å². The molecule has 1 aliphatic carbocycles. The van der Waals surface area contributed by atoms with Gasteiger partial charge in [0.2, 0.25) is 0 Å². The van der Waals surface area contributed by atoms with E-state index in [1.165, 1.54) is 6.08 Å². The molecule has 0 aromatic rings. The summed E-state index contributed by atoms with van der Waals surface area (Å²) in [5.41, 5.74) is 0.564. The van der Waals surface area contributed by atoms with Gasteiger partial charge in [0.15, 0.2) is 0 Å². The van der Waals surface area contributed by atoms with Gasteiger partial charge in [0.1, 0.15) is 5.60 Å². The molecule has 2 heteroatoms. The van der Waals surface area contributed by atoms with Crippen LogP contribution < -0.4 is 0 Å². The van der Waals surface area contributed by atoms with Crippen LogP contribution in [0.5, 0.6) is 0 Å². The highest BCUT2D eigenvalue weighted by Gasteiger charge is 2.60. The molecule has 96 valence electrons. The summed E-state index contributed by atoms with van der Waals surface area (Å²) in [5.74, 6) is -0.349. The van der Waals surface area contributed by atoms with E-state index < -0.39 is 5.60 Å². The second-order valence-corrected chi connectivity index (χ2v) is 5.93. The first kappa shape index (κ1) is 14.0. The maximum Gasteiger partial charge on any atom is 0.331 e. The zero-order valence-electron chi connectivity index (χ0n) is 11.9. The molecular weight excluding hydrogens is 212 g/mol. The molecule has 1 rings (SSSR count). The standard InChI is InChI=1S/C15H24O2/c1-8-12(16)17-15(7)11(3)10-14(15,6)13(4,5)9-2/h8,10H,1,9H2,2-7H3. The fraction of sp³-hybridized carbons (Fsp3) is 0.667. The molecule has 17 heavy (non-hydrogen) atoms. The molecule has 2 nitrogen and oxygen atoms in total. The van der Waals surface area contributed by atoms with Gasteiger partial charge in [0, 0.05) is 11.5 Å². The zero-order valence-corrected chi connectivity index (χ0v) is 11.9. The van der Waals surface area contributed by atoms with Crippen LogP contribution in [0.2, 0.25) is 0 Å². The number of hydrogen-bond donors (Lipinski definition) is 0. The van der Waals surface area contributed by atoms with Crippen LogP contribution in [0.4, 0.5) is 0 Å². The van der Waals surface area contributed by atoms with Crippen LogP contribution in [0.3, 0.4) is 0 Å². The van der Waals surface area contributed by atoms with Gasteiger partial charge in [-0.25, -0.2) is 4.79 Å². The monoisotopic (exact) mass is 236 g/mol. The van der Waals surface area contributed by atoms with Gasteiger partial charge in [-0.15, -0.1) is 0 Å². The lowest BCUT2D eigenvalue weighted by molar-refractivity contribution is -0.172. The third-order valence-electron chi connectivity index (χ3n) is 5.01. The first-order valence-electron chi connectivity index (χ1n) is 6.20. The number of carbonyl (C=O) groups is 1. The summed E-state index contributed by atoms with van der Waals surface area (Å²) in [5, 5.41) is 0. The number of carbonyl (C=O) groups excluding carboxylic acids is 1. The molecule has 1 aliphatic rings. The molecule has 0 aromatic heterocycles. The van der Waals surface area contributed by atoms with Gasteiger partial charge in [-0.3, -0.25) is 0 Å². The van der Waals surface area contributed by atoms with Gasteiger partial charge in [-0.05, 0) is 24.8 Å². The van der Waals surface area contributed by atoms with Crippen molar-refractivity contribution in [2.24, 2.45) is 10.8 Å². The van der Waals surface area contributed by atoms with Crippen LogP contribution in [-0.2, 0) is 9.53 Å². The van der Waals surface area contributed by atoms with E-state index in [4.69, 9.17) is 4.74 Å². The van der Waals surface area contributed by atoms with Gasteiger partial charge >= 0.3 is 5.97 Å². The number of esters is 1. The molecule has 0 aliphatic heterocycles. The summed E-state index contributed by atoms with van der Waals surface area (Å²) in [6.45, 7) is 16.3. The minimum absolute atomic E-state index is 0.0860. The maximum atomic E-state index is 11.5. The predicted octanol–water partition coefficient (Wildman–Crippen LogP) is 3.88. The smallest absolute Gasteiger partial charge is 0.331 e. The van der Waals surface area contributed by atoms with E-state index in [-0.39, 0.29) is 16.8 Å². The molecule has 0 fully saturated rings. The Labute approximate surface area is 105 Å². The fourth-order valence-corrected chi connectivity index (χ4v) is 2.68. The average molecular weight is 236 g/mol. The van der Waals surface area contributed by atoms with Crippen LogP contribution in [0, 0.1) is 10.8 Å². The molecule has 0 saturated carbocycles. The van der Waals surface area contributed by atoms with Crippen LogP contribution in [0.25, 0.3) is 0 Å². The first-order chi connectivity index (χ1) is 7.64. The summed E-state index contributed by atoms with van der Waals surface area (Å²) < 4.78 is 5.61. The molecule has 2 atom stereocenters. The molecule has 2 unspecified atom stereocenters. The van der Waals surface area contributed by atoms with Crippen molar-refractivity contribution in [1.29, 1.82) is 0 Å². The molecule has 0 N–H and O–H groups in total. The Morgan fingerprint density at radius 1 is 1.53 bits per heavy atom. The molecular formula is C15H24O2. The Kier molecular flexibility index (Phi) is 3.30. The summed E-state index contributed by atoms with van der Waals surface area (Å²) in [4.78, 5) is 11.5. The van der Waals surface area contributed by atoms with Crippen molar-refractivity contribution in [3.63, 3.8) is 0 Å². The minimum atomic E-state index is -0.516. The second-order valence-electron chi connectivity index (χ2n) is 5.93. The van der Waals surface area contributed by atoms with Crippen LogP contribution in [-0.4, -0.2) is 11.6 Å². The summed E-state index contributed by atoms with van der Waals surface area (Å²) >= 11 is 0. The van der Waals surface area contributed by atoms with Crippen LogP contribution in [0.1, 0.15) is 48.0 Å². The Hall–Kier alpha value is -1.05. The van der Waals surface area contributed by atoms with Gasteiger partial charge in [-0.1, -0.05) is 46.8 Å². The lowest BCUT2D eigenvalue weighted by Crippen LogP contribution is -2.60. The van der Waals surface area contributed by atoms with Crippen molar-refractivity contribution >= 4 is 5.97 Å². The Bertz CT molecular complexity index is 378. The van der Waals surface area contributed by atoms with Gasteiger partial charge < -0.3 is 4.74 Å². The second kappa shape index (κ2) is 4.01. The molecule has 0 amide bonds. The highest BCUT2D eigenvalue weighted by molar-refractivity contribution is 5.82. The average Bonchev–Trinajstić information content (AvgIpc) is 2.28. The third kappa shape index (κ3) is 1.74. The SMILES string of the molecule is C=CC(=O)OC1(C)C(C)=CC1(C)C(C)(C)CC. The summed E-state index contributed by atoms with van der Waals surface area (Å²) in [7, 11) is 0. The lowest BCUT2D eigenvalue weighted by atomic mass is 9.49. The first-order valence-corrected chi connectivity index (χ1v) is 6.20. The van der Waals surface area contributed by atoms with Gasteiger partial charge in [-0.2, -0.15) is 0 Å². The van der Waals surface area contributed by atoms with E-state index in [2.05, 4.69) is 40.3 Å². The molecule has 0 spiro atoms. The number of ether oxygens (including phenoxy) is 1. The van der Waals surface area contributed by atoms with Crippen molar-refractivity contribution in [1.82, 2.24) is 0 Å². The Morgan fingerprint density at radius 2 is 2.06 bits per heavy atom. The minimum Gasteiger partial charge on any atom is -0.451 e. The Balaban J connectivity index is 3.13. The van der Waals surface area contributed by atoms with E-state index in [9.17, 15) is 4.79 Å². The summed E-state index contributed by atoms with van der Waals surface area (Å²) in [6.07, 6.45) is 4.50. The third-order valence-corrected chi connectivity index (χ3v) is 5.01. The van der Waals surface area contributed by atoms with Gasteiger partial charge in [0.05, 0.1) is 0 Å². The van der Waals surface area contributed by atoms with E-state index in [0.29, 0.717) is 0 Å². The Morgan fingerprint density at radius 3 is 2.41 bits per heavy atom. The van der Waals surface area contributed by atoms with E-state index in [0.717, 1.165) is 12.0 Å². The molecule has 0 heterocycles. The van der Waals surface area contributed by atoms with Crippen molar-refractivity contribution in [2.75, 3.05) is 0 Å².